The third-order valence-electron chi connectivity index (χ3n) is 4.00. The first-order chi connectivity index (χ1) is 12.9. The van der Waals surface area contributed by atoms with Gasteiger partial charge in [-0.15, -0.1) is 0 Å². The molecule has 0 radical (unpaired) electrons. The third-order valence-corrected chi connectivity index (χ3v) is 4.99. The van der Waals surface area contributed by atoms with E-state index in [-0.39, 0.29) is 11.7 Å². The van der Waals surface area contributed by atoms with E-state index >= 15 is 0 Å². The van der Waals surface area contributed by atoms with Crippen LogP contribution in [0.4, 0.5) is 11.4 Å². The van der Waals surface area contributed by atoms with Crippen LogP contribution in [0.5, 0.6) is 11.5 Å². The van der Waals surface area contributed by atoms with Gasteiger partial charge in [-0.1, -0.05) is 30.0 Å². The summed E-state index contributed by atoms with van der Waals surface area (Å²) in [4.78, 5) is 17.2. The number of amides is 1. The molecule has 7 heteroatoms. The molecule has 1 amide bonds. The van der Waals surface area contributed by atoms with Gasteiger partial charge in [0, 0.05) is 17.3 Å². The first kappa shape index (κ1) is 19.1. The largest absolute Gasteiger partial charge is 0.497 e. The van der Waals surface area contributed by atoms with Crippen molar-refractivity contribution >= 4 is 34.1 Å². The SMILES string of the molecule is COc1ccc(NC(=O)CSC2=NC(C)(C)Nc3ccccc32)c(OC)c1. The van der Waals surface area contributed by atoms with Crippen LogP contribution in [0.2, 0.25) is 0 Å². The van der Waals surface area contributed by atoms with Gasteiger partial charge in [0.1, 0.15) is 22.2 Å². The Kier molecular flexibility index (Phi) is 5.60. The summed E-state index contributed by atoms with van der Waals surface area (Å²) in [6.07, 6.45) is 0. The number of hydrogen-bond donors (Lipinski definition) is 2. The number of anilines is 2. The summed E-state index contributed by atoms with van der Waals surface area (Å²) >= 11 is 1.42. The highest BCUT2D eigenvalue weighted by Crippen LogP contribution is 2.32. The molecule has 0 unspecified atom stereocenters. The molecule has 0 spiro atoms. The number of carbonyl (C=O) groups excluding carboxylic acids is 1. The van der Waals surface area contributed by atoms with E-state index < -0.39 is 5.66 Å². The lowest BCUT2D eigenvalue weighted by atomic mass is 10.1. The molecule has 1 aliphatic rings. The zero-order valence-corrected chi connectivity index (χ0v) is 16.6. The van der Waals surface area contributed by atoms with E-state index in [4.69, 9.17) is 14.5 Å². The van der Waals surface area contributed by atoms with Crippen LogP contribution in [0.25, 0.3) is 0 Å². The normalized spacial score (nSPS) is 14.4. The number of para-hydroxylation sites is 1. The number of aliphatic imine (C=N–C) groups is 1. The number of benzene rings is 2. The molecule has 0 atom stereocenters. The lowest BCUT2D eigenvalue weighted by Crippen LogP contribution is -2.34. The molecule has 1 aliphatic heterocycles. The Balaban J connectivity index is 1.70. The molecule has 27 heavy (non-hydrogen) atoms. The van der Waals surface area contributed by atoms with E-state index in [0.717, 1.165) is 16.3 Å². The van der Waals surface area contributed by atoms with Crippen molar-refractivity contribution in [3.63, 3.8) is 0 Å². The smallest absolute Gasteiger partial charge is 0.234 e. The number of methoxy groups -OCH3 is 2. The van der Waals surface area contributed by atoms with Crippen molar-refractivity contribution in [3.05, 3.63) is 48.0 Å². The van der Waals surface area contributed by atoms with E-state index in [1.54, 1.807) is 32.4 Å². The molecule has 0 saturated heterocycles. The number of fused-ring (bicyclic) bond motifs is 1. The van der Waals surface area contributed by atoms with Crippen LogP contribution in [0.15, 0.2) is 47.5 Å². The predicted octanol–water partition coefficient (Wildman–Crippen LogP) is 3.98. The van der Waals surface area contributed by atoms with E-state index in [2.05, 4.69) is 10.6 Å². The van der Waals surface area contributed by atoms with Crippen LogP contribution in [0.3, 0.4) is 0 Å². The molecule has 2 aromatic rings. The van der Waals surface area contributed by atoms with Gasteiger partial charge >= 0.3 is 0 Å². The van der Waals surface area contributed by atoms with Gasteiger partial charge in [0.25, 0.3) is 0 Å². The van der Waals surface area contributed by atoms with Crippen molar-refractivity contribution in [2.45, 2.75) is 19.5 Å². The molecular formula is C20H23N3O3S. The van der Waals surface area contributed by atoms with Gasteiger partial charge in [-0.3, -0.25) is 9.79 Å². The molecule has 0 saturated carbocycles. The fourth-order valence-corrected chi connectivity index (χ4v) is 3.75. The molecule has 0 aromatic heterocycles. The van der Waals surface area contributed by atoms with E-state index in [1.807, 2.05) is 38.1 Å². The van der Waals surface area contributed by atoms with Gasteiger partial charge in [-0.05, 0) is 32.0 Å². The third kappa shape index (κ3) is 4.54. The minimum absolute atomic E-state index is 0.125. The Morgan fingerprint density at radius 2 is 1.96 bits per heavy atom. The van der Waals surface area contributed by atoms with Gasteiger partial charge in [-0.25, -0.2) is 0 Å². The highest BCUT2D eigenvalue weighted by Gasteiger charge is 2.26. The fourth-order valence-electron chi connectivity index (χ4n) is 2.78. The second kappa shape index (κ2) is 7.92. The van der Waals surface area contributed by atoms with Crippen LogP contribution in [-0.4, -0.2) is 36.6 Å². The molecule has 0 aliphatic carbocycles. The second-order valence-electron chi connectivity index (χ2n) is 6.55. The summed E-state index contributed by atoms with van der Waals surface area (Å²) in [7, 11) is 3.14. The fraction of sp³-hybridized carbons (Fsp3) is 0.300. The first-order valence-electron chi connectivity index (χ1n) is 8.54. The highest BCUT2D eigenvalue weighted by molar-refractivity contribution is 8.15. The molecule has 2 aromatic carbocycles. The summed E-state index contributed by atoms with van der Waals surface area (Å²) in [5, 5.41) is 7.13. The molecular weight excluding hydrogens is 362 g/mol. The summed E-state index contributed by atoms with van der Waals surface area (Å²) in [6.45, 7) is 4.01. The van der Waals surface area contributed by atoms with Crippen LogP contribution in [0.1, 0.15) is 19.4 Å². The zero-order valence-electron chi connectivity index (χ0n) is 15.8. The average Bonchev–Trinajstić information content (AvgIpc) is 2.65. The molecule has 142 valence electrons. The second-order valence-corrected chi connectivity index (χ2v) is 7.51. The van der Waals surface area contributed by atoms with E-state index in [0.29, 0.717) is 17.2 Å². The molecule has 2 N–H and O–H groups in total. The van der Waals surface area contributed by atoms with Crippen LogP contribution < -0.4 is 20.1 Å². The Hall–Kier alpha value is -2.67. The van der Waals surface area contributed by atoms with Crippen LogP contribution in [-0.2, 0) is 4.79 Å². The number of ether oxygens (including phenoxy) is 2. The van der Waals surface area contributed by atoms with Crippen molar-refractivity contribution < 1.29 is 14.3 Å². The summed E-state index contributed by atoms with van der Waals surface area (Å²) in [5.41, 5.74) is 2.23. The first-order valence-corrected chi connectivity index (χ1v) is 9.52. The number of rotatable bonds is 5. The van der Waals surface area contributed by atoms with Crippen LogP contribution in [0, 0.1) is 0 Å². The standard InChI is InChI=1S/C20H23N3O3S/c1-20(2)22-15-8-6-5-7-14(15)19(23-20)27-12-18(24)21-16-10-9-13(25-3)11-17(16)26-4/h5-11,22H,12H2,1-4H3,(H,21,24). The number of carbonyl (C=O) groups is 1. The van der Waals surface area contributed by atoms with Gasteiger partial charge < -0.3 is 20.1 Å². The lowest BCUT2D eigenvalue weighted by molar-refractivity contribution is -0.113. The van der Waals surface area contributed by atoms with Gasteiger partial charge in [0.15, 0.2) is 0 Å². The van der Waals surface area contributed by atoms with Crippen LogP contribution >= 0.6 is 11.8 Å². The summed E-state index contributed by atoms with van der Waals surface area (Å²) < 4.78 is 10.5. The maximum Gasteiger partial charge on any atom is 0.234 e. The number of nitrogens with one attached hydrogen (secondary N) is 2. The van der Waals surface area contributed by atoms with Gasteiger partial charge in [0.05, 0.1) is 25.7 Å². The topological polar surface area (TPSA) is 72.0 Å². The molecule has 0 fully saturated rings. The van der Waals surface area contributed by atoms with Gasteiger partial charge in [-0.2, -0.15) is 0 Å². The highest BCUT2D eigenvalue weighted by atomic mass is 32.2. The Labute approximate surface area is 163 Å². The van der Waals surface area contributed by atoms with Gasteiger partial charge in [0.2, 0.25) is 5.91 Å². The summed E-state index contributed by atoms with van der Waals surface area (Å²) in [5.74, 6) is 1.35. The van der Waals surface area contributed by atoms with Crippen molar-refractivity contribution in [2.75, 3.05) is 30.6 Å². The van der Waals surface area contributed by atoms with Crippen molar-refractivity contribution in [1.82, 2.24) is 0 Å². The number of thioether (sulfide) groups is 1. The quantitative estimate of drug-likeness (QED) is 0.814. The van der Waals surface area contributed by atoms with Crippen molar-refractivity contribution in [3.8, 4) is 11.5 Å². The van der Waals surface area contributed by atoms with E-state index in [9.17, 15) is 4.79 Å². The maximum absolute atomic E-state index is 12.5. The number of nitrogens with zero attached hydrogens (tertiary/aromatic N) is 1. The van der Waals surface area contributed by atoms with E-state index in [1.165, 1.54) is 11.8 Å². The molecule has 1 heterocycles. The number of hydrogen-bond acceptors (Lipinski definition) is 6. The van der Waals surface area contributed by atoms with Crippen molar-refractivity contribution in [1.29, 1.82) is 0 Å². The Morgan fingerprint density at radius 3 is 2.70 bits per heavy atom. The predicted molar refractivity (Wildman–Crippen MR) is 111 cm³/mol. The summed E-state index contributed by atoms with van der Waals surface area (Å²) in [6, 6.07) is 13.3. The minimum atomic E-state index is -0.410. The minimum Gasteiger partial charge on any atom is -0.497 e. The molecule has 6 nitrogen and oxygen atoms in total. The average molecular weight is 385 g/mol. The molecule has 0 bridgehead atoms. The maximum atomic E-state index is 12.5. The Bertz CT molecular complexity index is 881. The Morgan fingerprint density at radius 1 is 1.19 bits per heavy atom. The monoisotopic (exact) mass is 385 g/mol. The molecule has 3 rings (SSSR count). The van der Waals surface area contributed by atoms with Crippen molar-refractivity contribution in [2.24, 2.45) is 4.99 Å². The lowest BCUT2D eigenvalue weighted by Gasteiger charge is -2.30. The zero-order chi connectivity index (χ0) is 19.4.